The van der Waals surface area contributed by atoms with Gasteiger partial charge in [-0.15, -0.1) is 0 Å². The van der Waals surface area contributed by atoms with Crippen LogP contribution in [-0.4, -0.2) is 29.8 Å². The zero-order valence-corrected chi connectivity index (χ0v) is 12.6. The predicted octanol–water partition coefficient (Wildman–Crippen LogP) is 2.21. The zero-order chi connectivity index (χ0) is 14.4. The topological polar surface area (TPSA) is 49.4 Å². The van der Waals surface area contributed by atoms with Crippen LogP contribution in [0.25, 0.3) is 0 Å². The summed E-state index contributed by atoms with van der Waals surface area (Å²) in [4.78, 5) is 26.3. The molecule has 1 heterocycles. The van der Waals surface area contributed by atoms with E-state index in [-0.39, 0.29) is 17.2 Å². The van der Waals surface area contributed by atoms with Gasteiger partial charge in [-0.3, -0.25) is 9.59 Å². The number of rotatable bonds is 5. The van der Waals surface area contributed by atoms with Gasteiger partial charge in [0.25, 0.3) is 0 Å². The zero-order valence-electron chi connectivity index (χ0n) is 12.6. The summed E-state index contributed by atoms with van der Waals surface area (Å²) in [6, 6.07) is 0. The fourth-order valence-corrected chi connectivity index (χ4v) is 3.87. The maximum atomic E-state index is 12.3. The Labute approximate surface area is 125 Å². The summed E-state index contributed by atoms with van der Waals surface area (Å²) in [7, 11) is 0. The second-order valence-electron chi connectivity index (χ2n) is 7.35. The van der Waals surface area contributed by atoms with Crippen LogP contribution in [0.4, 0.5) is 0 Å². The van der Waals surface area contributed by atoms with E-state index in [4.69, 9.17) is 0 Å². The SMILES string of the molecule is O=C(NCC12CCC=C1N(CC1CC1)C(=O)CC2)C1CC1. The minimum atomic E-state index is 0.0351. The minimum Gasteiger partial charge on any atom is -0.355 e. The molecule has 114 valence electrons. The molecule has 1 N–H and O–H groups in total. The van der Waals surface area contributed by atoms with E-state index in [9.17, 15) is 9.59 Å². The number of allylic oxidation sites excluding steroid dienone is 1. The van der Waals surface area contributed by atoms with Crippen LogP contribution in [0.5, 0.6) is 0 Å². The van der Waals surface area contributed by atoms with Gasteiger partial charge in [0, 0.05) is 36.5 Å². The van der Waals surface area contributed by atoms with Crippen molar-refractivity contribution in [2.75, 3.05) is 13.1 Å². The van der Waals surface area contributed by atoms with Crippen molar-refractivity contribution in [2.45, 2.75) is 51.4 Å². The summed E-state index contributed by atoms with van der Waals surface area (Å²) in [6.07, 6.45) is 10.6. The largest absolute Gasteiger partial charge is 0.355 e. The number of hydrogen-bond acceptors (Lipinski definition) is 2. The second-order valence-corrected chi connectivity index (χ2v) is 7.35. The average molecular weight is 288 g/mol. The Morgan fingerprint density at radius 3 is 2.81 bits per heavy atom. The Balaban J connectivity index is 1.48. The van der Waals surface area contributed by atoms with Gasteiger partial charge in [-0.25, -0.2) is 0 Å². The number of nitrogens with zero attached hydrogens (tertiary/aromatic N) is 1. The molecule has 0 aromatic heterocycles. The van der Waals surface area contributed by atoms with Crippen LogP contribution >= 0.6 is 0 Å². The van der Waals surface area contributed by atoms with Crippen LogP contribution in [0, 0.1) is 17.3 Å². The molecule has 4 rings (SSSR count). The highest BCUT2D eigenvalue weighted by atomic mass is 16.2. The molecule has 3 fully saturated rings. The third kappa shape index (κ3) is 2.49. The molecule has 2 saturated carbocycles. The molecular weight excluding hydrogens is 264 g/mol. The first-order chi connectivity index (χ1) is 10.2. The van der Waals surface area contributed by atoms with Gasteiger partial charge in [0.15, 0.2) is 0 Å². The highest BCUT2D eigenvalue weighted by Gasteiger charge is 2.47. The van der Waals surface area contributed by atoms with E-state index >= 15 is 0 Å². The van der Waals surface area contributed by atoms with Crippen molar-refractivity contribution in [3.63, 3.8) is 0 Å². The maximum absolute atomic E-state index is 12.3. The van der Waals surface area contributed by atoms with Gasteiger partial charge in [0.1, 0.15) is 0 Å². The maximum Gasteiger partial charge on any atom is 0.226 e. The highest BCUT2D eigenvalue weighted by Crippen LogP contribution is 2.48. The number of fused-ring (bicyclic) bond motifs is 1. The van der Waals surface area contributed by atoms with Crippen molar-refractivity contribution in [1.82, 2.24) is 10.2 Å². The van der Waals surface area contributed by atoms with E-state index in [0.29, 0.717) is 18.2 Å². The van der Waals surface area contributed by atoms with Crippen LogP contribution < -0.4 is 5.32 Å². The summed E-state index contributed by atoms with van der Waals surface area (Å²) in [5.41, 5.74) is 1.26. The molecule has 0 aromatic carbocycles. The Morgan fingerprint density at radius 2 is 2.10 bits per heavy atom. The predicted molar refractivity (Wildman–Crippen MR) is 79.2 cm³/mol. The van der Waals surface area contributed by atoms with Crippen LogP contribution in [0.15, 0.2) is 11.8 Å². The van der Waals surface area contributed by atoms with Gasteiger partial charge in [-0.1, -0.05) is 6.08 Å². The number of likely N-dealkylation sites (tertiary alicyclic amines) is 1. The van der Waals surface area contributed by atoms with E-state index in [1.165, 1.54) is 18.5 Å². The number of hydrogen-bond donors (Lipinski definition) is 1. The third-order valence-corrected chi connectivity index (χ3v) is 5.60. The lowest BCUT2D eigenvalue weighted by Crippen LogP contribution is -2.48. The molecule has 3 aliphatic carbocycles. The highest BCUT2D eigenvalue weighted by molar-refractivity contribution is 5.82. The molecule has 0 aromatic rings. The van der Waals surface area contributed by atoms with E-state index in [2.05, 4.69) is 16.3 Å². The summed E-state index contributed by atoms with van der Waals surface area (Å²) in [6.45, 7) is 1.63. The Bertz CT molecular complexity index is 505. The summed E-state index contributed by atoms with van der Waals surface area (Å²) < 4.78 is 0. The molecule has 21 heavy (non-hydrogen) atoms. The quantitative estimate of drug-likeness (QED) is 0.843. The molecule has 1 atom stereocenters. The normalized spacial score (nSPS) is 31.9. The number of nitrogens with one attached hydrogen (secondary N) is 1. The van der Waals surface area contributed by atoms with Crippen molar-refractivity contribution < 1.29 is 9.59 Å². The van der Waals surface area contributed by atoms with Crippen LogP contribution in [0.1, 0.15) is 51.4 Å². The molecule has 0 spiro atoms. The standard InChI is InChI=1S/C17H24N2O2/c20-15-7-9-17(11-18-16(21)13-5-6-13)8-1-2-14(17)19(15)10-12-3-4-12/h2,12-13H,1,3-11H2,(H,18,21). The monoisotopic (exact) mass is 288 g/mol. The van der Waals surface area contributed by atoms with Crippen molar-refractivity contribution in [2.24, 2.45) is 17.3 Å². The minimum absolute atomic E-state index is 0.0351. The number of carbonyl (C=O) groups excluding carboxylic acids is 2. The number of carbonyl (C=O) groups is 2. The van der Waals surface area contributed by atoms with Crippen molar-refractivity contribution in [3.8, 4) is 0 Å². The molecule has 1 aliphatic heterocycles. The average Bonchev–Trinajstić information content (AvgIpc) is 3.38. The first kappa shape index (κ1) is 13.4. The fraction of sp³-hybridized carbons (Fsp3) is 0.765. The Hall–Kier alpha value is -1.32. The van der Waals surface area contributed by atoms with Gasteiger partial charge >= 0.3 is 0 Å². The summed E-state index contributed by atoms with van der Waals surface area (Å²) >= 11 is 0. The molecule has 4 nitrogen and oxygen atoms in total. The summed E-state index contributed by atoms with van der Waals surface area (Å²) in [5.74, 6) is 1.50. The van der Waals surface area contributed by atoms with E-state index in [1.54, 1.807) is 0 Å². The fourth-order valence-electron chi connectivity index (χ4n) is 3.87. The smallest absolute Gasteiger partial charge is 0.226 e. The second kappa shape index (κ2) is 4.85. The third-order valence-electron chi connectivity index (χ3n) is 5.60. The van der Waals surface area contributed by atoms with E-state index in [1.807, 2.05) is 0 Å². The van der Waals surface area contributed by atoms with E-state index < -0.39 is 0 Å². The Morgan fingerprint density at radius 1 is 1.29 bits per heavy atom. The number of piperidine rings is 1. The first-order valence-electron chi connectivity index (χ1n) is 8.47. The molecular formula is C17H24N2O2. The lowest BCUT2D eigenvalue weighted by molar-refractivity contribution is -0.133. The lowest BCUT2D eigenvalue weighted by atomic mass is 9.76. The van der Waals surface area contributed by atoms with Crippen LogP contribution in [0.3, 0.4) is 0 Å². The molecule has 4 heteroatoms. The molecule has 1 saturated heterocycles. The van der Waals surface area contributed by atoms with Crippen LogP contribution in [0.2, 0.25) is 0 Å². The van der Waals surface area contributed by atoms with Crippen molar-refractivity contribution in [1.29, 1.82) is 0 Å². The van der Waals surface area contributed by atoms with E-state index in [0.717, 1.165) is 45.2 Å². The molecule has 2 amide bonds. The van der Waals surface area contributed by atoms with Gasteiger partial charge in [0.05, 0.1) is 0 Å². The Kier molecular flexibility index (Phi) is 3.09. The lowest BCUT2D eigenvalue weighted by Gasteiger charge is -2.42. The molecule has 0 bridgehead atoms. The first-order valence-corrected chi connectivity index (χ1v) is 8.47. The summed E-state index contributed by atoms with van der Waals surface area (Å²) in [5, 5.41) is 3.16. The molecule has 0 radical (unpaired) electrons. The van der Waals surface area contributed by atoms with Crippen LogP contribution in [-0.2, 0) is 9.59 Å². The van der Waals surface area contributed by atoms with Gasteiger partial charge in [-0.2, -0.15) is 0 Å². The van der Waals surface area contributed by atoms with Gasteiger partial charge in [0.2, 0.25) is 11.8 Å². The van der Waals surface area contributed by atoms with Crippen molar-refractivity contribution >= 4 is 11.8 Å². The molecule has 1 unspecified atom stereocenters. The number of amides is 2. The van der Waals surface area contributed by atoms with Crippen molar-refractivity contribution in [3.05, 3.63) is 11.8 Å². The van der Waals surface area contributed by atoms with Gasteiger partial charge in [-0.05, 0) is 50.9 Å². The van der Waals surface area contributed by atoms with Gasteiger partial charge < -0.3 is 10.2 Å². The molecule has 4 aliphatic rings.